The van der Waals surface area contributed by atoms with E-state index in [9.17, 15) is 5.11 Å². The third-order valence-electron chi connectivity index (χ3n) is 2.92. The second-order valence-electron chi connectivity index (χ2n) is 4.41. The van der Waals surface area contributed by atoms with Gasteiger partial charge in [0.25, 0.3) is 0 Å². The highest BCUT2D eigenvalue weighted by molar-refractivity contribution is 5.40. The van der Waals surface area contributed by atoms with Crippen molar-refractivity contribution in [1.29, 1.82) is 0 Å². The van der Waals surface area contributed by atoms with Crippen LogP contribution in [0.2, 0.25) is 0 Å². The van der Waals surface area contributed by atoms with Crippen molar-refractivity contribution in [3.8, 4) is 11.4 Å². The van der Waals surface area contributed by atoms with Crippen LogP contribution in [0.1, 0.15) is 19.7 Å². The Morgan fingerprint density at radius 2 is 2.11 bits per heavy atom. The molecule has 4 heteroatoms. The first-order valence-corrected chi connectivity index (χ1v) is 6.03. The van der Waals surface area contributed by atoms with Crippen LogP contribution >= 0.6 is 0 Å². The van der Waals surface area contributed by atoms with E-state index in [0.717, 1.165) is 17.3 Å². The zero-order chi connectivity index (χ0) is 13.1. The van der Waals surface area contributed by atoms with Crippen molar-refractivity contribution in [3.05, 3.63) is 42.5 Å². The number of aliphatic hydroxyl groups is 1. The Hall–Kier alpha value is -1.81. The molecule has 1 aromatic heterocycles. The molecule has 0 saturated heterocycles. The van der Waals surface area contributed by atoms with Crippen LogP contribution < -0.4 is 4.74 Å². The van der Waals surface area contributed by atoms with Crippen LogP contribution in [0.25, 0.3) is 5.69 Å². The predicted octanol–water partition coefficient (Wildman–Crippen LogP) is 2.33. The van der Waals surface area contributed by atoms with E-state index in [1.165, 1.54) is 0 Å². The molecule has 18 heavy (non-hydrogen) atoms. The molecule has 0 aliphatic rings. The van der Waals surface area contributed by atoms with Crippen LogP contribution in [-0.2, 0) is 0 Å². The predicted molar refractivity (Wildman–Crippen MR) is 70.1 cm³/mol. The summed E-state index contributed by atoms with van der Waals surface area (Å²) in [5.41, 5.74) is 1.00. The molecule has 0 amide bonds. The van der Waals surface area contributed by atoms with Crippen LogP contribution in [0.5, 0.6) is 5.75 Å². The Kier molecular flexibility index (Phi) is 3.67. The van der Waals surface area contributed by atoms with Crippen LogP contribution in [0, 0.1) is 6.92 Å². The fourth-order valence-corrected chi connectivity index (χ4v) is 1.67. The first-order valence-electron chi connectivity index (χ1n) is 6.03. The van der Waals surface area contributed by atoms with Crippen molar-refractivity contribution in [3.63, 3.8) is 0 Å². The van der Waals surface area contributed by atoms with E-state index < -0.39 is 6.10 Å². The average molecular weight is 246 g/mol. The van der Waals surface area contributed by atoms with Crippen molar-refractivity contribution in [2.45, 2.75) is 33.0 Å². The monoisotopic (exact) mass is 246 g/mol. The molecule has 2 rings (SSSR count). The molecule has 1 aromatic carbocycles. The quantitative estimate of drug-likeness (QED) is 0.900. The molecule has 0 aliphatic carbocycles. The third kappa shape index (κ3) is 2.71. The van der Waals surface area contributed by atoms with Gasteiger partial charge in [-0.2, -0.15) is 0 Å². The summed E-state index contributed by atoms with van der Waals surface area (Å²) in [6, 6.07) is 7.75. The average Bonchev–Trinajstić information content (AvgIpc) is 2.75. The van der Waals surface area contributed by atoms with Gasteiger partial charge < -0.3 is 14.4 Å². The second kappa shape index (κ2) is 5.23. The van der Waals surface area contributed by atoms with Crippen molar-refractivity contribution in [2.75, 3.05) is 0 Å². The molecule has 2 aromatic rings. The number of hydrogen-bond acceptors (Lipinski definition) is 3. The minimum Gasteiger partial charge on any atom is -0.488 e. The number of benzene rings is 1. The number of hydrogen-bond donors (Lipinski definition) is 1. The Morgan fingerprint density at radius 1 is 1.33 bits per heavy atom. The summed E-state index contributed by atoms with van der Waals surface area (Å²) in [6.07, 6.45) is 2.95. The summed E-state index contributed by atoms with van der Waals surface area (Å²) in [7, 11) is 0. The van der Waals surface area contributed by atoms with Crippen molar-refractivity contribution >= 4 is 0 Å². The van der Waals surface area contributed by atoms with Gasteiger partial charge in [0, 0.05) is 18.5 Å². The van der Waals surface area contributed by atoms with E-state index in [0.29, 0.717) is 0 Å². The molecule has 0 spiro atoms. The molecular formula is C14H18N2O2. The molecule has 4 nitrogen and oxygen atoms in total. The van der Waals surface area contributed by atoms with E-state index in [-0.39, 0.29) is 6.10 Å². The number of aliphatic hydroxyl groups excluding tert-OH is 1. The van der Waals surface area contributed by atoms with Crippen LogP contribution in [-0.4, -0.2) is 26.9 Å². The first kappa shape index (κ1) is 12.6. The van der Waals surface area contributed by atoms with Gasteiger partial charge in [-0.25, -0.2) is 4.98 Å². The van der Waals surface area contributed by atoms with E-state index in [1.807, 2.05) is 48.9 Å². The van der Waals surface area contributed by atoms with E-state index in [2.05, 4.69) is 4.98 Å². The molecule has 0 radical (unpaired) electrons. The van der Waals surface area contributed by atoms with Gasteiger partial charge in [-0.15, -0.1) is 0 Å². The van der Waals surface area contributed by atoms with Crippen LogP contribution in [0.3, 0.4) is 0 Å². The molecule has 96 valence electrons. The Balaban J connectivity index is 2.23. The zero-order valence-corrected chi connectivity index (χ0v) is 10.9. The van der Waals surface area contributed by atoms with Crippen molar-refractivity contribution < 1.29 is 9.84 Å². The number of rotatable bonds is 4. The maximum Gasteiger partial charge on any atom is 0.121 e. The number of ether oxygens (including phenoxy) is 1. The molecule has 1 heterocycles. The first-order chi connectivity index (χ1) is 8.58. The smallest absolute Gasteiger partial charge is 0.121 e. The topological polar surface area (TPSA) is 47.3 Å². The molecule has 0 bridgehead atoms. The maximum absolute atomic E-state index is 9.44. The van der Waals surface area contributed by atoms with Crippen molar-refractivity contribution in [2.24, 2.45) is 0 Å². The standard InChI is InChI=1S/C14H18N2O2/c1-10(17)11(2)18-14-6-4-5-13(9-14)16-8-7-15-12(16)3/h4-11,17H,1-3H3. The highest BCUT2D eigenvalue weighted by atomic mass is 16.5. The SMILES string of the molecule is Cc1nccn1-c1cccc(OC(C)C(C)O)c1. The molecule has 0 saturated carbocycles. The largest absolute Gasteiger partial charge is 0.488 e. The van der Waals surface area contributed by atoms with Gasteiger partial charge in [0.05, 0.1) is 11.8 Å². The Bertz CT molecular complexity index is 520. The van der Waals surface area contributed by atoms with Gasteiger partial charge >= 0.3 is 0 Å². The molecule has 2 unspecified atom stereocenters. The van der Waals surface area contributed by atoms with Gasteiger partial charge in [-0.3, -0.25) is 0 Å². The molecule has 2 atom stereocenters. The summed E-state index contributed by atoms with van der Waals surface area (Å²) in [4.78, 5) is 4.19. The Labute approximate surface area is 107 Å². The highest BCUT2D eigenvalue weighted by Gasteiger charge is 2.10. The second-order valence-corrected chi connectivity index (χ2v) is 4.41. The van der Waals surface area contributed by atoms with Gasteiger partial charge in [-0.05, 0) is 32.9 Å². The summed E-state index contributed by atoms with van der Waals surface area (Å²) in [6.45, 7) is 5.51. The van der Waals surface area contributed by atoms with Crippen molar-refractivity contribution in [1.82, 2.24) is 9.55 Å². The minimum absolute atomic E-state index is 0.232. The summed E-state index contributed by atoms with van der Waals surface area (Å²) < 4.78 is 7.66. The fourth-order valence-electron chi connectivity index (χ4n) is 1.67. The highest BCUT2D eigenvalue weighted by Crippen LogP contribution is 2.19. The summed E-state index contributed by atoms with van der Waals surface area (Å²) in [5, 5.41) is 9.44. The van der Waals surface area contributed by atoms with Gasteiger partial charge in [0.1, 0.15) is 17.7 Å². The molecule has 1 N–H and O–H groups in total. The minimum atomic E-state index is -0.497. The van der Waals surface area contributed by atoms with Crippen LogP contribution in [0.4, 0.5) is 0 Å². The van der Waals surface area contributed by atoms with E-state index >= 15 is 0 Å². The summed E-state index contributed by atoms with van der Waals surface area (Å²) >= 11 is 0. The number of imidazole rings is 1. The Morgan fingerprint density at radius 3 is 2.72 bits per heavy atom. The van der Waals surface area contributed by atoms with Crippen LogP contribution in [0.15, 0.2) is 36.7 Å². The van der Waals surface area contributed by atoms with E-state index in [1.54, 1.807) is 13.1 Å². The third-order valence-corrected chi connectivity index (χ3v) is 2.92. The lowest BCUT2D eigenvalue weighted by Crippen LogP contribution is -2.25. The van der Waals surface area contributed by atoms with Gasteiger partial charge in [0.15, 0.2) is 0 Å². The van der Waals surface area contributed by atoms with Gasteiger partial charge in [-0.1, -0.05) is 6.07 Å². The molecule has 0 fully saturated rings. The summed E-state index contributed by atoms with van der Waals surface area (Å²) in [5.74, 6) is 1.67. The van der Waals surface area contributed by atoms with E-state index in [4.69, 9.17) is 4.74 Å². The fraction of sp³-hybridized carbons (Fsp3) is 0.357. The number of aryl methyl sites for hydroxylation is 1. The normalized spacial score (nSPS) is 14.2. The zero-order valence-electron chi connectivity index (χ0n) is 10.9. The lowest BCUT2D eigenvalue weighted by Gasteiger charge is -2.17. The number of aromatic nitrogens is 2. The lowest BCUT2D eigenvalue weighted by molar-refractivity contribution is 0.0604. The lowest BCUT2D eigenvalue weighted by atomic mass is 10.2. The number of nitrogens with zero attached hydrogens (tertiary/aromatic N) is 2. The van der Waals surface area contributed by atoms with Gasteiger partial charge in [0.2, 0.25) is 0 Å². The maximum atomic E-state index is 9.44. The molecular weight excluding hydrogens is 228 g/mol. The molecule has 0 aliphatic heterocycles.